The van der Waals surface area contributed by atoms with Crippen LogP contribution in [0.2, 0.25) is 0 Å². The highest BCUT2D eigenvalue weighted by atomic mass is 32.2. The van der Waals surface area contributed by atoms with E-state index in [0.29, 0.717) is 16.7 Å². The van der Waals surface area contributed by atoms with Gasteiger partial charge in [0.2, 0.25) is 11.0 Å². The molecule has 1 saturated carbocycles. The lowest BCUT2D eigenvalue weighted by atomic mass is 9.91. The van der Waals surface area contributed by atoms with Crippen LogP contribution in [0, 0.1) is 0 Å². The van der Waals surface area contributed by atoms with Crippen molar-refractivity contribution in [2.45, 2.75) is 43.0 Å². The highest BCUT2D eigenvalue weighted by molar-refractivity contribution is 7.99. The molecule has 1 spiro atoms. The zero-order valence-corrected chi connectivity index (χ0v) is 14.3. The van der Waals surface area contributed by atoms with Crippen LogP contribution in [0.15, 0.2) is 42.1 Å². The minimum absolute atomic E-state index is 0.393. The van der Waals surface area contributed by atoms with Crippen LogP contribution in [0.4, 0.5) is 5.69 Å². The summed E-state index contributed by atoms with van der Waals surface area (Å²) in [6, 6.07) is 8.15. The second-order valence-electron chi connectivity index (χ2n) is 6.18. The van der Waals surface area contributed by atoms with Crippen LogP contribution >= 0.6 is 11.8 Å². The lowest BCUT2D eigenvalue weighted by Gasteiger charge is -2.37. The second-order valence-corrected chi connectivity index (χ2v) is 7.16. The van der Waals surface area contributed by atoms with Gasteiger partial charge in [-0.15, -0.1) is 16.8 Å². The third-order valence-electron chi connectivity index (χ3n) is 4.46. The Morgan fingerprint density at radius 1 is 1.21 bits per heavy atom. The molecular weight excluding hydrogens is 320 g/mol. The fourth-order valence-corrected chi connectivity index (χ4v) is 3.85. The summed E-state index contributed by atoms with van der Waals surface area (Å²) < 4.78 is 6.42. The van der Waals surface area contributed by atoms with Crippen LogP contribution in [-0.4, -0.2) is 26.7 Å². The third-order valence-corrected chi connectivity index (χ3v) is 5.30. The predicted octanol–water partition coefficient (Wildman–Crippen LogP) is 4.28. The molecule has 0 unspecified atom stereocenters. The van der Waals surface area contributed by atoms with E-state index in [1.807, 2.05) is 24.3 Å². The standard InChI is InChI=1S/C18H20N4OS/c1-2-12-24-17-19-16-15(21-22-17)13-8-4-5-9-14(13)20-18(23-16)10-6-3-7-11-18/h2,4-5,8-9,20H,1,3,6-7,10-12H2. The Labute approximate surface area is 145 Å². The quantitative estimate of drug-likeness (QED) is 0.665. The Balaban J connectivity index is 1.80. The monoisotopic (exact) mass is 340 g/mol. The van der Waals surface area contributed by atoms with Crippen LogP contribution in [0.5, 0.6) is 5.88 Å². The molecule has 124 valence electrons. The minimum atomic E-state index is -0.393. The highest BCUT2D eigenvalue weighted by Crippen LogP contribution is 2.43. The molecule has 0 saturated heterocycles. The van der Waals surface area contributed by atoms with E-state index < -0.39 is 5.72 Å². The number of nitrogens with zero attached hydrogens (tertiary/aromatic N) is 3. The van der Waals surface area contributed by atoms with E-state index in [0.717, 1.165) is 42.7 Å². The van der Waals surface area contributed by atoms with E-state index in [1.165, 1.54) is 18.2 Å². The molecule has 24 heavy (non-hydrogen) atoms. The molecule has 1 fully saturated rings. The van der Waals surface area contributed by atoms with Gasteiger partial charge in [0.05, 0.1) is 0 Å². The van der Waals surface area contributed by atoms with Gasteiger partial charge in [-0.1, -0.05) is 42.5 Å². The Morgan fingerprint density at radius 2 is 2.04 bits per heavy atom. The number of ether oxygens (including phenoxy) is 1. The summed E-state index contributed by atoms with van der Waals surface area (Å²) in [5, 5.41) is 12.9. The van der Waals surface area contributed by atoms with Crippen LogP contribution in [0.3, 0.4) is 0 Å². The molecule has 2 aromatic rings. The van der Waals surface area contributed by atoms with Crippen LogP contribution in [-0.2, 0) is 0 Å². The Bertz CT molecular complexity index is 758. The molecule has 2 heterocycles. The topological polar surface area (TPSA) is 59.9 Å². The molecule has 1 aliphatic carbocycles. The maximum absolute atomic E-state index is 6.42. The largest absolute Gasteiger partial charge is 0.449 e. The van der Waals surface area contributed by atoms with Gasteiger partial charge in [-0.25, -0.2) is 0 Å². The molecule has 1 aliphatic heterocycles. The van der Waals surface area contributed by atoms with Gasteiger partial charge >= 0.3 is 0 Å². The number of aromatic nitrogens is 3. The number of fused-ring (bicyclic) bond motifs is 3. The van der Waals surface area contributed by atoms with E-state index in [9.17, 15) is 0 Å². The molecule has 1 N–H and O–H groups in total. The lowest BCUT2D eigenvalue weighted by Crippen LogP contribution is -2.45. The van der Waals surface area contributed by atoms with E-state index in [-0.39, 0.29) is 0 Å². The van der Waals surface area contributed by atoms with Crippen molar-refractivity contribution in [1.29, 1.82) is 0 Å². The molecule has 0 bridgehead atoms. The number of hydrogen-bond donors (Lipinski definition) is 1. The van der Waals surface area contributed by atoms with Crippen molar-refractivity contribution in [1.82, 2.24) is 15.2 Å². The summed E-state index contributed by atoms with van der Waals surface area (Å²) in [6.45, 7) is 3.74. The molecule has 1 aromatic carbocycles. The zero-order valence-electron chi connectivity index (χ0n) is 13.5. The number of rotatable bonds is 3. The first-order chi connectivity index (χ1) is 11.8. The van der Waals surface area contributed by atoms with Crippen molar-refractivity contribution in [3.05, 3.63) is 36.9 Å². The maximum Gasteiger partial charge on any atom is 0.247 e. The summed E-state index contributed by atoms with van der Waals surface area (Å²) in [5.74, 6) is 1.33. The minimum Gasteiger partial charge on any atom is -0.449 e. The van der Waals surface area contributed by atoms with Crippen molar-refractivity contribution in [3.8, 4) is 17.1 Å². The van der Waals surface area contributed by atoms with Gasteiger partial charge in [-0.2, -0.15) is 4.98 Å². The molecule has 0 radical (unpaired) electrons. The third kappa shape index (κ3) is 2.86. The van der Waals surface area contributed by atoms with Crippen LogP contribution in [0.25, 0.3) is 11.3 Å². The van der Waals surface area contributed by atoms with Gasteiger partial charge in [-0.05, 0) is 18.9 Å². The van der Waals surface area contributed by atoms with Crippen molar-refractivity contribution in [2.24, 2.45) is 0 Å². The fraction of sp³-hybridized carbons (Fsp3) is 0.389. The van der Waals surface area contributed by atoms with Crippen molar-refractivity contribution in [2.75, 3.05) is 11.1 Å². The highest BCUT2D eigenvalue weighted by Gasteiger charge is 2.38. The first-order valence-corrected chi connectivity index (χ1v) is 9.33. The molecule has 0 amide bonds. The molecule has 2 aliphatic rings. The zero-order chi connectivity index (χ0) is 16.4. The second kappa shape index (κ2) is 6.43. The fourth-order valence-electron chi connectivity index (χ4n) is 3.34. The summed E-state index contributed by atoms with van der Waals surface area (Å²) >= 11 is 1.51. The summed E-state index contributed by atoms with van der Waals surface area (Å²) in [5.41, 5.74) is 2.36. The number of nitrogens with one attached hydrogen (secondary N) is 1. The van der Waals surface area contributed by atoms with Crippen molar-refractivity contribution < 1.29 is 4.74 Å². The van der Waals surface area contributed by atoms with E-state index in [4.69, 9.17) is 4.74 Å². The average Bonchev–Trinajstić information content (AvgIpc) is 2.74. The Hall–Kier alpha value is -2.08. The van der Waals surface area contributed by atoms with Gasteiger partial charge in [0.25, 0.3) is 0 Å². The van der Waals surface area contributed by atoms with E-state index >= 15 is 0 Å². The van der Waals surface area contributed by atoms with Gasteiger partial charge in [0.1, 0.15) is 0 Å². The number of para-hydroxylation sites is 1. The summed E-state index contributed by atoms with van der Waals surface area (Å²) in [6.07, 6.45) is 7.34. The molecule has 6 heteroatoms. The average molecular weight is 340 g/mol. The molecule has 5 nitrogen and oxygen atoms in total. The van der Waals surface area contributed by atoms with Crippen molar-refractivity contribution >= 4 is 17.4 Å². The SMILES string of the molecule is C=CCSc1nnc2c(n1)OC1(CCCCC1)Nc1ccccc1-2. The Kier molecular flexibility index (Phi) is 4.14. The van der Waals surface area contributed by atoms with Crippen molar-refractivity contribution in [3.63, 3.8) is 0 Å². The number of hydrogen-bond acceptors (Lipinski definition) is 6. The lowest BCUT2D eigenvalue weighted by molar-refractivity contribution is 0.0536. The normalized spacial score (nSPS) is 17.8. The molecule has 0 atom stereocenters. The van der Waals surface area contributed by atoms with Gasteiger partial charge < -0.3 is 10.1 Å². The van der Waals surface area contributed by atoms with Crippen LogP contribution in [0.1, 0.15) is 32.1 Å². The van der Waals surface area contributed by atoms with Gasteiger partial charge in [0.15, 0.2) is 11.4 Å². The van der Waals surface area contributed by atoms with Gasteiger partial charge in [0, 0.05) is 29.8 Å². The summed E-state index contributed by atoms with van der Waals surface area (Å²) in [4.78, 5) is 4.64. The number of thioether (sulfide) groups is 1. The Morgan fingerprint density at radius 3 is 2.88 bits per heavy atom. The first kappa shape index (κ1) is 15.4. The smallest absolute Gasteiger partial charge is 0.247 e. The molecular formula is C18H20N4OS. The summed E-state index contributed by atoms with van der Waals surface area (Å²) in [7, 11) is 0. The molecule has 1 aromatic heterocycles. The maximum atomic E-state index is 6.42. The first-order valence-electron chi connectivity index (χ1n) is 8.35. The predicted molar refractivity (Wildman–Crippen MR) is 96.3 cm³/mol. The van der Waals surface area contributed by atoms with Crippen LogP contribution < -0.4 is 10.1 Å². The number of anilines is 1. The van der Waals surface area contributed by atoms with E-state index in [2.05, 4.69) is 33.1 Å². The van der Waals surface area contributed by atoms with Gasteiger partial charge in [-0.3, -0.25) is 0 Å². The molecule has 4 rings (SSSR count). The van der Waals surface area contributed by atoms with E-state index in [1.54, 1.807) is 0 Å². The number of benzene rings is 1.